The summed E-state index contributed by atoms with van der Waals surface area (Å²) in [6.07, 6.45) is 56.8. The topological polar surface area (TPSA) is 70.6 Å². The lowest BCUT2D eigenvalue weighted by molar-refractivity contribution is -0.137. The first kappa shape index (κ1) is 54.5. The summed E-state index contributed by atoms with van der Waals surface area (Å²) in [5, 5.41) is 8.49. The zero-order chi connectivity index (χ0) is 38.8. The first-order valence-electron chi connectivity index (χ1n) is 24.5. The molecule has 0 aromatic heterocycles. The number of unbranched alkanes of at least 4 members (excludes halogenated alkanes) is 38. The number of rotatable bonds is 46. The summed E-state index contributed by atoms with van der Waals surface area (Å²) < 4.78 is 0. The van der Waals surface area contributed by atoms with E-state index >= 15 is 0 Å². The van der Waals surface area contributed by atoms with Gasteiger partial charge in [-0.05, 0) is 19.3 Å². The van der Waals surface area contributed by atoms with Gasteiger partial charge in [0.25, 0.3) is 0 Å². The van der Waals surface area contributed by atoms with Gasteiger partial charge in [-0.1, -0.05) is 265 Å². The summed E-state index contributed by atoms with van der Waals surface area (Å²) in [6.45, 7) is 8.78. The molecule has 0 unspecified atom stereocenters. The average Bonchev–Trinajstić information content (AvgIpc) is 3.16. The highest BCUT2D eigenvalue weighted by atomic mass is 16.8. The van der Waals surface area contributed by atoms with Crippen LogP contribution in [0.1, 0.15) is 290 Å². The van der Waals surface area contributed by atoms with Gasteiger partial charge >= 0.3 is 5.97 Å². The summed E-state index contributed by atoms with van der Waals surface area (Å²) in [5.41, 5.74) is 6.13. The minimum atomic E-state index is -0.655. The zero-order valence-electron chi connectivity index (χ0n) is 36.9. The molecular weight excluding hydrogens is 653 g/mol. The van der Waals surface area contributed by atoms with Crippen LogP contribution in [0, 0.1) is 0 Å². The second-order valence-electron chi connectivity index (χ2n) is 16.5. The normalized spacial score (nSPS) is 11.2. The van der Waals surface area contributed by atoms with Crippen LogP contribution in [-0.4, -0.2) is 24.2 Å². The van der Waals surface area contributed by atoms with E-state index in [4.69, 9.17) is 10.0 Å². The lowest BCUT2D eigenvalue weighted by atomic mass is 10.0. The maximum absolute atomic E-state index is 10.3. The van der Waals surface area contributed by atoms with Crippen LogP contribution in [0.5, 0.6) is 0 Å². The van der Waals surface area contributed by atoms with Crippen molar-refractivity contribution < 1.29 is 14.8 Å². The quantitative estimate of drug-likeness (QED) is 0.0427. The SMILES string of the molecule is CCCCCCCCCCCCCCCC(=O)O.CCCCCCCCCCCCCCCCNONCCCCCCCCCCCCCCCC. The number of hydrogen-bond acceptors (Lipinski definition) is 4. The minimum absolute atomic E-state index is 0.345. The molecule has 0 aromatic carbocycles. The van der Waals surface area contributed by atoms with Gasteiger partial charge in [0.1, 0.15) is 0 Å². The Hall–Kier alpha value is -0.650. The van der Waals surface area contributed by atoms with E-state index in [0.717, 1.165) is 25.9 Å². The molecule has 53 heavy (non-hydrogen) atoms. The maximum Gasteiger partial charge on any atom is 0.303 e. The lowest BCUT2D eigenvalue weighted by Crippen LogP contribution is -2.27. The number of aliphatic carboxylic acids is 1. The van der Waals surface area contributed by atoms with E-state index < -0.39 is 5.97 Å². The Morgan fingerprint density at radius 1 is 0.321 bits per heavy atom. The third kappa shape index (κ3) is 58.2. The van der Waals surface area contributed by atoms with Crippen molar-refractivity contribution >= 4 is 5.97 Å². The lowest BCUT2D eigenvalue weighted by Gasteiger charge is -2.07. The summed E-state index contributed by atoms with van der Waals surface area (Å²) in [5.74, 6) is -0.655. The Balaban J connectivity index is 0. The fraction of sp³-hybridized carbons (Fsp3) is 0.979. The third-order valence-electron chi connectivity index (χ3n) is 10.9. The number of hydrogen-bond donors (Lipinski definition) is 3. The van der Waals surface area contributed by atoms with Gasteiger partial charge < -0.3 is 5.11 Å². The Bertz CT molecular complexity index is 600. The summed E-state index contributed by atoms with van der Waals surface area (Å²) in [4.78, 5) is 15.7. The molecule has 0 bridgehead atoms. The standard InChI is InChI=1S/C32H68N2O.C16H32O2/c1-3-5-7-9-11-13-15-17-19-21-23-25-27-29-31-33-35-34-32-30-28-26-24-22-20-18-16-14-12-10-8-6-4-2;1-2-3-4-5-6-7-8-9-10-11-12-13-14-15-16(17)18/h33-34H,3-32H2,1-2H3;2-15H2,1H3,(H,17,18). The third-order valence-corrected chi connectivity index (χ3v) is 10.9. The minimum Gasteiger partial charge on any atom is -0.481 e. The Kier molecular flexibility index (Phi) is 54.9. The van der Waals surface area contributed by atoms with E-state index in [-0.39, 0.29) is 0 Å². The molecule has 3 N–H and O–H groups in total. The van der Waals surface area contributed by atoms with E-state index in [2.05, 4.69) is 31.7 Å². The fourth-order valence-corrected chi connectivity index (χ4v) is 7.23. The molecule has 0 radical (unpaired) electrons. The number of hydroxylamine groups is 2. The van der Waals surface area contributed by atoms with Gasteiger partial charge in [-0.2, -0.15) is 11.0 Å². The van der Waals surface area contributed by atoms with Gasteiger partial charge in [-0.15, -0.1) is 0 Å². The van der Waals surface area contributed by atoms with Crippen molar-refractivity contribution in [2.45, 2.75) is 290 Å². The molecule has 0 saturated carbocycles. The van der Waals surface area contributed by atoms with Gasteiger partial charge in [0.15, 0.2) is 0 Å². The molecule has 0 aromatic rings. The van der Waals surface area contributed by atoms with Crippen molar-refractivity contribution in [3.63, 3.8) is 0 Å². The Morgan fingerprint density at radius 3 is 0.717 bits per heavy atom. The molecule has 0 atom stereocenters. The van der Waals surface area contributed by atoms with Crippen LogP contribution in [0.3, 0.4) is 0 Å². The number of nitrogens with one attached hydrogen (secondary N) is 2. The van der Waals surface area contributed by atoms with Crippen molar-refractivity contribution in [3.05, 3.63) is 0 Å². The van der Waals surface area contributed by atoms with Crippen LogP contribution in [0.25, 0.3) is 0 Å². The van der Waals surface area contributed by atoms with Gasteiger partial charge in [-0.25, -0.2) is 4.94 Å². The Morgan fingerprint density at radius 2 is 0.509 bits per heavy atom. The van der Waals surface area contributed by atoms with Crippen molar-refractivity contribution in [2.75, 3.05) is 13.1 Å². The van der Waals surface area contributed by atoms with E-state index in [1.165, 1.54) is 250 Å². The molecule has 0 amide bonds. The van der Waals surface area contributed by atoms with Crippen LogP contribution in [-0.2, 0) is 9.73 Å². The molecule has 0 saturated heterocycles. The first-order valence-corrected chi connectivity index (χ1v) is 24.5. The molecule has 0 heterocycles. The van der Waals surface area contributed by atoms with Crippen LogP contribution in [0.15, 0.2) is 0 Å². The average molecular weight is 753 g/mol. The molecule has 5 nitrogen and oxygen atoms in total. The van der Waals surface area contributed by atoms with E-state index in [0.29, 0.717) is 6.42 Å². The van der Waals surface area contributed by atoms with Crippen LogP contribution < -0.4 is 11.0 Å². The van der Waals surface area contributed by atoms with Gasteiger partial charge in [0.2, 0.25) is 0 Å². The largest absolute Gasteiger partial charge is 0.481 e. The number of carboxylic acids is 1. The smallest absolute Gasteiger partial charge is 0.303 e. The highest BCUT2D eigenvalue weighted by molar-refractivity contribution is 5.66. The van der Waals surface area contributed by atoms with Crippen molar-refractivity contribution in [3.8, 4) is 0 Å². The predicted molar refractivity (Wildman–Crippen MR) is 236 cm³/mol. The molecule has 0 aliphatic rings. The molecule has 5 heteroatoms. The van der Waals surface area contributed by atoms with E-state index in [1.54, 1.807) is 0 Å². The molecule has 0 rings (SSSR count). The van der Waals surface area contributed by atoms with E-state index in [1.807, 2.05) is 0 Å². The van der Waals surface area contributed by atoms with Gasteiger partial charge in [-0.3, -0.25) is 4.79 Å². The number of carbonyl (C=O) groups is 1. The van der Waals surface area contributed by atoms with Crippen LogP contribution in [0.2, 0.25) is 0 Å². The molecule has 0 spiro atoms. The summed E-state index contributed by atoms with van der Waals surface area (Å²) in [7, 11) is 0. The van der Waals surface area contributed by atoms with Gasteiger partial charge in [0, 0.05) is 19.5 Å². The maximum atomic E-state index is 10.3. The second-order valence-corrected chi connectivity index (χ2v) is 16.5. The fourth-order valence-electron chi connectivity index (χ4n) is 7.23. The van der Waals surface area contributed by atoms with Crippen molar-refractivity contribution in [1.29, 1.82) is 0 Å². The monoisotopic (exact) mass is 753 g/mol. The molecule has 0 fully saturated rings. The van der Waals surface area contributed by atoms with Crippen molar-refractivity contribution in [1.82, 2.24) is 11.0 Å². The zero-order valence-corrected chi connectivity index (χ0v) is 36.9. The molecule has 0 aliphatic carbocycles. The highest BCUT2D eigenvalue weighted by Crippen LogP contribution is 2.15. The second kappa shape index (κ2) is 53.5. The van der Waals surface area contributed by atoms with E-state index in [9.17, 15) is 4.79 Å². The molecular formula is C48H100N2O3. The highest BCUT2D eigenvalue weighted by Gasteiger charge is 1.98. The van der Waals surface area contributed by atoms with Crippen LogP contribution >= 0.6 is 0 Å². The van der Waals surface area contributed by atoms with Gasteiger partial charge in [0.05, 0.1) is 0 Å². The molecule has 320 valence electrons. The van der Waals surface area contributed by atoms with Crippen LogP contribution in [0.4, 0.5) is 0 Å². The molecule has 0 aliphatic heterocycles. The summed E-state index contributed by atoms with van der Waals surface area (Å²) in [6, 6.07) is 0. The first-order chi connectivity index (χ1) is 26.2. The predicted octanol–water partition coefficient (Wildman–Crippen LogP) is 16.5. The number of carboxylic acid groups (broad SMARTS) is 1. The van der Waals surface area contributed by atoms with Crippen molar-refractivity contribution in [2.24, 2.45) is 0 Å². The summed E-state index contributed by atoms with van der Waals surface area (Å²) >= 11 is 0. The Labute approximate surface area is 334 Å².